The predicted molar refractivity (Wildman–Crippen MR) is 143 cm³/mol. The molecule has 8 nitrogen and oxygen atoms in total. The predicted octanol–water partition coefficient (Wildman–Crippen LogP) is 6.62. The second kappa shape index (κ2) is 10.6. The van der Waals surface area contributed by atoms with Crippen molar-refractivity contribution in [1.82, 2.24) is 19.8 Å². The Bertz CT molecular complexity index is 1420. The number of nitrogens with zero attached hydrogens (tertiary/aromatic N) is 4. The summed E-state index contributed by atoms with van der Waals surface area (Å²) >= 11 is 7.49. The van der Waals surface area contributed by atoms with Gasteiger partial charge >= 0.3 is 12.3 Å². The highest BCUT2D eigenvalue weighted by Crippen LogP contribution is 2.39. The normalized spacial score (nSPS) is 13.6. The highest BCUT2D eigenvalue weighted by Gasteiger charge is 2.36. The Hall–Kier alpha value is -3.38. The highest BCUT2D eigenvalue weighted by molar-refractivity contribution is 7.13. The van der Waals surface area contributed by atoms with Crippen LogP contribution < -0.4 is 5.32 Å². The number of amides is 2. The van der Waals surface area contributed by atoms with Crippen LogP contribution in [0.15, 0.2) is 29.8 Å². The number of carbonyl (C=O) groups is 2. The second-order valence-electron chi connectivity index (χ2n) is 10.2. The van der Waals surface area contributed by atoms with E-state index in [2.05, 4.69) is 15.3 Å². The van der Waals surface area contributed by atoms with E-state index in [-0.39, 0.29) is 28.0 Å². The maximum absolute atomic E-state index is 13.8. The topological polar surface area (TPSA) is 87.7 Å². The molecule has 1 aliphatic heterocycles. The highest BCUT2D eigenvalue weighted by atomic mass is 35.5. The van der Waals surface area contributed by atoms with Crippen LogP contribution in [0.5, 0.6) is 0 Å². The first-order valence-corrected chi connectivity index (χ1v) is 13.2. The molecule has 4 rings (SSSR count). The Labute approximate surface area is 232 Å². The number of hydrogen-bond acceptors (Lipinski definition) is 7. The van der Waals surface area contributed by atoms with Gasteiger partial charge in [-0.15, -0.1) is 11.3 Å². The molecule has 2 aromatic heterocycles. The van der Waals surface area contributed by atoms with Crippen molar-refractivity contribution in [3.63, 3.8) is 0 Å². The van der Waals surface area contributed by atoms with Gasteiger partial charge < -0.3 is 19.9 Å². The molecule has 0 fully saturated rings. The number of fused-ring (bicyclic) bond motifs is 1. The number of benzene rings is 1. The number of carbonyl (C=O) groups excluding carboxylic acids is 2. The van der Waals surface area contributed by atoms with Crippen molar-refractivity contribution in [3.05, 3.63) is 57.1 Å². The standard InChI is InChI=1S/C26H27ClF3N5O3S/c1-25(2,3)38-24(37)35-7-6-14-9-19(18(27)8-15(14)12-35)32-23-31-11-17(26(28,29)30)21(33-23)20-10-16(13-39-20)22(36)34(4)5/h8-11,13H,6-7,12H2,1-5H3,(H,31,32,33). The van der Waals surface area contributed by atoms with Crippen molar-refractivity contribution in [3.8, 4) is 10.6 Å². The number of halogens is 4. The lowest BCUT2D eigenvalue weighted by Gasteiger charge is -2.31. The van der Waals surface area contributed by atoms with E-state index in [9.17, 15) is 22.8 Å². The quantitative estimate of drug-likeness (QED) is 0.373. The van der Waals surface area contributed by atoms with Gasteiger partial charge in [-0.3, -0.25) is 4.79 Å². The van der Waals surface area contributed by atoms with E-state index >= 15 is 0 Å². The molecule has 1 aliphatic rings. The maximum Gasteiger partial charge on any atom is 0.420 e. The lowest BCUT2D eigenvalue weighted by atomic mass is 9.99. The molecule has 0 bridgehead atoms. The van der Waals surface area contributed by atoms with Crippen LogP contribution in [-0.2, 0) is 23.9 Å². The van der Waals surface area contributed by atoms with Gasteiger partial charge in [-0.2, -0.15) is 13.2 Å². The van der Waals surface area contributed by atoms with Gasteiger partial charge in [0.15, 0.2) is 0 Å². The first-order chi connectivity index (χ1) is 18.1. The van der Waals surface area contributed by atoms with Crippen molar-refractivity contribution in [2.75, 3.05) is 26.0 Å². The van der Waals surface area contributed by atoms with Crippen LogP contribution >= 0.6 is 22.9 Å². The summed E-state index contributed by atoms with van der Waals surface area (Å²) in [6.45, 7) is 6.15. The van der Waals surface area contributed by atoms with Gasteiger partial charge in [0.05, 0.1) is 26.8 Å². The zero-order valence-electron chi connectivity index (χ0n) is 21.9. The number of ether oxygens (including phenoxy) is 1. The Balaban J connectivity index is 1.61. The Morgan fingerprint density at radius 1 is 1.15 bits per heavy atom. The summed E-state index contributed by atoms with van der Waals surface area (Å²) in [5.74, 6) is -0.413. The third kappa shape index (κ3) is 6.62. The van der Waals surface area contributed by atoms with Gasteiger partial charge in [0.25, 0.3) is 5.91 Å². The van der Waals surface area contributed by atoms with Crippen molar-refractivity contribution in [1.29, 1.82) is 0 Å². The van der Waals surface area contributed by atoms with Crippen LogP contribution in [0.1, 0.15) is 47.8 Å². The largest absolute Gasteiger partial charge is 0.444 e. The van der Waals surface area contributed by atoms with E-state index < -0.39 is 23.4 Å². The van der Waals surface area contributed by atoms with Crippen LogP contribution in [0.3, 0.4) is 0 Å². The van der Waals surface area contributed by atoms with Crippen LogP contribution in [-0.4, -0.2) is 58.0 Å². The van der Waals surface area contributed by atoms with Gasteiger partial charge in [-0.1, -0.05) is 11.6 Å². The third-order valence-electron chi connectivity index (χ3n) is 5.78. The molecule has 3 aromatic rings. The monoisotopic (exact) mass is 581 g/mol. The fourth-order valence-corrected chi connectivity index (χ4v) is 5.06. The first-order valence-electron chi connectivity index (χ1n) is 11.9. The van der Waals surface area contributed by atoms with Crippen LogP contribution in [0.25, 0.3) is 10.6 Å². The molecule has 0 unspecified atom stereocenters. The number of anilines is 2. The Morgan fingerprint density at radius 2 is 1.87 bits per heavy atom. The van der Waals surface area contributed by atoms with Gasteiger partial charge in [-0.25, -0.2) is 14.8 Å². The second-order valence-corrected chi connectivity index (χ2v) is 11.5. The SMILES string of the molecule is CN(C)C(=O)c1csc(-c2nc(Nc3cc4c(cc3Cl)CN(C(=O)OC(C)(C)C)CC4)ncc2C(F)(F)F)c1. The minimum Gasteiger partial charge on any atom is -0.444 e. The van der Waals surface area contributed by atoms with Gasteiger partial charge in [0.1, 0.15) is 11.2 Å². The lowest BCUT2D eigenvalue weighted by molar-refractivity contribution is -0.137. The average molecular weight is 582 g/mol. The molecule has 39 heavy (non-hydrogen) atoms. The number of aromatic nitrogens is 2. The van der Waals surface area contributed by atoms with E-state index in [0.29, 0.717) is 36.4 Å². The summed E-state index contributed by atoms with van der Waals surface area (Å²) < 4.78 is 46.8. The zero-order valence-corrected chi connectivity index (χ0v) is 23.5. The number of nitrogens with one attached hydrogen (secondary N) is 1. The summed E-state index contributed by atoms with van der Waals surface area (Å²) in [4.78, 5) is 35.9. The molecule has 2 amide bonds. The van der Waals surface area contributed by atoms with Crippen LogP contribution in [0, 0.1) is 0 Å². The van der Waals surface area contributed by atoms with E-state index in [1.54, 1.807) is 51.9 Å². The average Bonchev–Trinajstić information content (AvgIpc) is 3.32. The molecule has 0 aliphatic carbocycles. The van der Waals surface area contributed by atoms with E-state index in [4.69, 9.17) is 16.3 Å². The molecule has 1 N–H and O–H groups in total. The van der Waals surface area contributed by atoms with Crippen molar-refractivity contribution < 1.29 is 27.5 Å². The summed E-state index contributed by atoms with van der Waals surface area (Å²) in [5.41, 5.74) is 0.478. The summed E-state index contributed by atoms with van der Waals surface area (Å²) in [6, 6.07) is 4.87. The summed E-state index contributed by atoms with van der Waals surface area (Å²) in [6.07, 6.45) is -3.87. The molecule has 0 saturated heterocycles. The van der Waals surface area contributed by atoms with Crippen molar-refractivity contribution >= 4 is 46.6 Å². The number of thiophene rings is 1. The number of hydrogen-bond donors (Lipinski definition) is 1. The van der Waals surface area contributed by atoms with Crippen molar-refractivity contribution in [2.45, 2.75) is 45.5 Å². The van der Waals surface area contributed by atoms with E-state index in [0.717, 1.165) is 22.5 Å². The molecule has 3 heterocycles. The molecular formula is C26H27ClF3N5O3S. The minimum atomic E-state index is -4.70. The number of alkyl halides is 3. The summed E-state index contributed by atoms with van der Waals surface area (Å²) in [7, 11) is 3.12. The Kier molecular flexibility index (Phi) is 7.82. The van der Waals surface area contributed by atoms with E-state index in [1.165, 1.54) is 16.3 Å². The third-order valence-corrected chi connectivity index (χ3v) is 7.03. The van der Waals surface area contributed by atoms with Gasteiger partial charge in [0, 0.05) is 38.8 Å². The summed E-state index contributed by atoms with van der Waals surface area (Å²) in [5, 5.41) is 4.71. The molecule has 0 atom stereocenters. The van der Waals surface area contributed by atoms with Crippen LogP contribution in [0.4, 0.5) is 29.6 Å². The molecule has 208 valence electrons. The fraction of sp³-hybridized carbons (Fsp3) is 0.385. The molecule has 0 spiro atoms. The molecule has 0 saturated carbocycles. The number of rotatable bonds is 4. The maximum atomic E-state index is 13.8. The molecule has 0 radical (unpaired) electrons. The van der Waals surface area contributed by atoms with Gasteiger partial charge in [0.2, 0.25) is 5.95 Å². The fourth-order valence-electron chi connectivity index (χ4n) is 3.95. The molecule has 1 aromatic carbocycles. The van der Waals surface area contributed by atoms with Gasteiger partial charge in [-0.05, 0) is 56.5 Å². The first kappa shape index (κ1) is 28.6. The van der Waals surface area contributed by atoms with Crippen LogP contribution in [0.2, 0.25) is 5.02 Å². The lowest BCUT2D eigenvalue weighted by Crippen LogP contribution is -2.39. The Morgan fingerprint density at radius 3 is 2.51 bits per heavy atom. The van der Waals surface area contributed by atoms with Crippen molar-refractivity contribution in [2.24, 2.45) is 0 Å². The molecular weight excluding hydrogens is 555 g/mol. The smallest absolute Gasteiger partial charge is 0.420 e. The van der Waals surface area contributed by atoms with E-state index in [1.807, 2.05) is 0 Å². The molecule has 13 heteroatoms. The minimum absolute atomic E-state index is 0.0834. The zero-order chi connectivity index (χ0) is 28.7.